The first kappa shape index (κ1) is 17.4. The third-order valence-corrected chi connectivity index (χ3v) is 2.76. The summed E-state index contributed by atoms with van der Waals surface area (Å²) in [5.41, 5.74) is 0. The van der Waals surface area contributed by atoms with Crippen LogP contribution in [0.5, 0.6) is 0 Å². The van der Waals surface area contributed by atoms with Gasteiger partial charge in [0.1, 0.15) is 0 Å². The van der Waals surface area contributed by atoms with Gasteiger partial charge in [-0.1, -0.05) is 39.7 Å². The highest BCUT2D eigenvalue weighted by Gasteiger charge is 2.11. The van der Waals surface area contributed by atoms with Gasteiger partial charge in [-0.2, -0.15) is 0 Å². The monoisotopic (exact) mass is 233 g/mol. The summed E-state index contributed by atoms with van der Waals surface area (Å²) in [5, 5.41) is 0. The van der Waals surface area contributed by atoms with Gasteiger partial charge in [0.05, 0.1) is 0 Å². The summed E-state index contributed by atoms with van der Waals surface area (Å²) in [6.07, 6.45) is 8.50. The molecule has 0 radical (unpaired) electrons. The van der Waals surface area contributed by atoms with Crippen molar-refractivity contribution in [3.8, 4) is 0 Å². The molecular weight excluding hydrogens is 206 g/mol. The predicted molar refractivity (Wildman–Crippen MR) is 72.9 cm³/mol. The molecule has 1 nitrogen and oxygen atoms in total. The van der Waals surface area contributed by atoms with Crippen LogP contribution in [0.25, 0.3) is 0 Å². The van der Waals surface area contributed by atoms with Gasteiger partial charge in [-0.25, -0.2) is 0 Å². The predicted octanol–water partition coefficient (Wildman–Crippen LogP) is 4.28. The van der Waals surface area contributed by atoms with Crippen LogP contribution in [0.15, 0.2) is 12.7 Å². The van der Waals surface area contributed by atoms with Crippen molar-refractivity contribution >= 4 is 12.4 Å². The Balaban J connectivity index is 0. The van der Waals surface area contributed by atoms with Crippen LogP contribution < -0.4 is 0 Å². The van der Waals surface area contributed by atoms with Crippen LogP contribution in [0.2, 0.25) is 0 Å². The molecule has 0 saturated carbocycles. The van der Waals surface area contributed by atoms with Gasteiger partial charge >= 0.3 is 0 Å². The summed E-state index contributed by atoms with van der Waals surface area (Å²) >= 11 is 0. The van der Waals surface area contributed by atoms with Crippen molar-refractivity contribution in [1.29, 1.82) is 0 Å². The Kier molecular flexibility index (Phi) is 14.0. The number of hydrogen-bond acceptors (Lipinski definition) is 1. The first-order valence-electron chi connectivity index (χ1n) is 6.16. The maximum absolute atomic E-state index is 3.93. The molecule has 15 heavy (non-hydrogen) atoms. The van der Waals surface area contributed by atoms with Crippen molar-refractivity contribution < 1.29 is 0 Å². The molecule has 0 N–H and O–H groups in total. The Bertz CT molecular complexity index is 128. The summed E-state index contributed by atoms with van der Waals surface area (Å²) in [7, 11) is 0. The van der Waals surface area contributed by atoms with Gasteiger partial charge in [0.15, 0.2) is 0 Å². The highest BCUT2D eigenvalue weighted by atomic mass is 35.5. The lowest BCUT2D eigenvalue weighted by Gasteiger charge is -2.28. The fourth-order valence-electron chi connectivity index (χ4n) is 1.74. The lowest BCUT2D eigenvalue weighted by atomic mass is 10.1. The Labute approximate surface area is 102 Å². The van der Waals surface area contributed by atoms with Crippen LogP contribution in [-0.2, 0) is 0 Å². The molecule has 0 spiro atoms. The van der Waals surface area contributed by atoms with Crippen LogP contribution in [0.3, 0.4) is 0 Å². The second-order valence-electron chi connectivity index (χ2n) is 3.95. The minimum Gasteiger partial charge on any atom is -0.297 e. The van der Waals surface area contributed by atoms with Crippen molar-refractivity contribution in [3.63, 3.8) is 0 Å². The van der Waals surface area contributed by atoms with Crippen molar-refractivity contribution in [1.82, 2.24) is 4.90 Å². The Morgan fingerprint density at radius 1 is 1.07 bits per heavy atom. The molecule has 0 bridgehead atoms. The highest BCUT2D eigenvalue weighted by molar-refractivity contribution is 5.85. The molecule has 0 aliphatic heterocycles. The van der Waals surface area contributed by atoms with Crippen LogP contribution in [0.1, 0.15) is 52.9 Å². The number of rotatable bonds is 9. The zero-order valence-electron chi connectivity index (χ0n) is 10.7. The zero-order valence-corrected chi connectivity index (χ0v) is 11.5. The molecule has 92 valence electrons. The van der Waals surface area contributed by atoms with E-state index in [-0.39, 0.29) is 12.4 Å². The SMILES string of the molecule is C=CC(CC)N(CCCC)CCCC.Cl. The summed E-state index contributed by atoms with van der Waals surface area (Å²) in [6, 6.07) is 0.591. The maximum atomic E-state index is 3.93. The minimum absolute atomic E-state index is 0. The van der Waals surface area contributed by atoms with E-state index in [1.807, 2.05) is 0 Å². The molecule has 0 fully saturated rings. The van der Waals surface area contributed by atoms with E-state index in [4.69, 9.17) is 0 Å². The molecule has 0 amide bonds. The van der Waals surface area contributed by atoms with E-state index in [1.54, 1.807) is 0 Å². The lowest BCUT2D eigenvalue weighted by molar-refractivity contribution is 0.218. The van der Waals surface area contributed by atoms with Crippen LogP contribution >= 0.6 is 12.4 Å². The van der Waals surface area contributed by atoms with Gasteiger partial charge in [0.25, 0.3) is 0 Å². The van der Waals surface area contributed by atoms with E-state index >= 15 is 0 Å². The molecule has 0 aliphatic carbocycles. The minimum atomic E-state index is 0. The second-order valence-corrected chi connectivity index (χ2v) is 3.95. The van der Waals surface area contributed by atoms with Gasteiger partial charge in [-0.05, 0) is 32.4 Å². The Morgan fingerprint density at radius 2 is 1.53 bits per heavy atom. The van der Waals surface area contributed by atoms with E-state index in [0.29, 0.717) is 6.04 Å². The lowest BCUT2D eigenvalue weighted by Crippen LogP contribution is -2.35. The first-order chi connectivity index (χ1) is 6.79. The highest BCUT2D eigenvalue weighted by Crippen LogP contribution is 2.08. The first-order valence-corrected chi connectivity index (χ1v) is 6.16. The van der Waals surface area contributed by atoms with Crippen molar-refractivity contribution in [2.45, 2.75) is 58.9 Å². The van der Waals surface area contributed by atoms with Crippen molar-refractivity contribution in [2.24, 2.45) is 0 Å². The number of unbranched alkanes of at least 4 members (excludes halogenated alkanes) is 2. The van der Waals surface area contributed by atoms with E-state index < -0.39 is 0 Å². The smallest absolute Gasteiger partial charge is 0.0272 e. The second kappa shape index (κ2) is 12.1. The molecule has 0 aromatic carbocycles. The van der Waals surface area contributed by atoms with Crippen LogP contribution in [0, 0.1) is 0 Å². The van der Waals surface area contributed by atoms with Gasteiger partial charge in [-0.3, -0.25) is 4.90 Å². The quantitative estimate of drug-likeness (QED) is 0.538. The molecule has 0 rings (SSSR count). The van der Waals surface area contributed by atoms with E-state index in [0.717, 1.165) is 0 Å². The largest absolute Gasteiger partial charge is 0.297 e. The summed E-state index contributed by atoms with van der Waals surface area (Å²) in [5.74, 6) is 0. The average molecular weight is 234 g/mol. The van der Waals surface area contributed by atoms with Crippen molar-refractivity contribution in [2.75, 3.05) is 13.1 Å². The van der Waals surface area contributed by atoms with E-state index in [9.17, 15) is 0 Å². The Hall–Kier alpha value is -0.0100. The summed E-state index contributed by atoms with van der Waals surface area (Å²) in [6.45, 7) is 13.2. The Morgan fingerprint density at radius 3 is 1.80 bits per heavy atom. The third kappa shape index (κ3) is 7.87. The molecule has 1 unspecified atom stereocenters. The molecule has 0 aromatic rings. The van der Waals surface area contributed by atoms with Gasteiger partial charge in [0, 0.05) is 6.04 Å². The average Bonchev–Trinajstić information content (AvgIpc) is 2.22. The molecular formula is C13H28ClN. The number of halogens is 1. The molecule has 0 heterocycles. The van der Waals surface area contributed by atoms with Gasteiger partial charge < -0.3 is 0 Å². The summed E-state index contributed by atoms with van der Waals surface area (Å²) in [4.78, 5) is 2.58. The number of hydrogen-bond donors (Lipinski definition) is 0. The normalized spacial score (nSPS) is 12.3. The topological polar surface area (TPSA) is 3.24 Å². The van der Waals surface area contributed by atoms with Gasteiger partial charge in [-0.15, -0.1) is 19.0 Å². The van der Waals surface area contributed by atoms with Crippen LogP contribution in [-0.4, -0.2) is 24.0 Å². The van der Waals surface area contributed by atoms with E-state index in [1.165, 1.54) is 45.2 Å². The standard InChI is InChI=1S/C13H27N.ClH/c1-5-9-11-14(12-10-6-2)13(7-3)8-4;/h7,13H,3,5-6,8-12H2,1-2,4H3;1H. The van der Waals surface area contributed by atoms with Gasteiger partial charge in [0.2, 0.25) is 0 Å². The fraction of sp³-hybridized carbons (Fsp3) is 0.846. The molecule has 2 heteroatoms. The third-order valence-electron chi connectivity index (χ3n) is 2.76. The zero-order chi connectivity index (χ0) is 10.8. The molecule has 0 aliphatic rings. The summed E-state index contributed by atoms with van der Waals surface area (Å²) < 4.78 is 0. The maximum Gasteiger partial charge on any atom is 0.0272 e. The molecule has 0 aromatic heterocycles. The molecule has 1 atom stereocenters. The van der Waals surface area contributed by atoms with Crippen LogP contribution in [0.4, 0.5) is 0 Å². The van der Waals surface area contributed by atoms with Crippen molar-refractivity contribution in [3.05, 3.63) is 12.7 Å². The number of nitrogens with zero attached hydrogens (tertiary/aromatic N) is 1. The van der Waals surface area contributed by atoms with E-state index in [2.05, 4.69) is 38.3 Å². The fourth-order valence-corrected chi connectivity index (χ4v) is 1.74. The molecule has 0 saturated heterocycles.